The summed E-state index contributed by atoms with van der Waals surface area (Å²) in [5.41, 5.74) is 3.68. The minimum Gasteiger partial charge on any atom is -0.496 e. The van der Waals surface area contributed by atoms with E-state index < -0.39 is 18.3 Å². The van der Waals surface area contributed by atoms with Crippen molar-refractivity contribution < 1.29 is 38.7 Å². The highest BCUT2D eigenvalue weighted by atomic mass is 19.1. The Bertz CT molecular complexity index is 1300. The number of hydrogen-bond acceptors (Lipinski definition) is 7. The van der Waals surface area contributed by atoms with Crippen molar-refractivity contribution in [3.8, 4) is 17.2 Å². The van der Waals surface area contributed by atoms with Crippen molar-refractivity contribution in [2.24, 2.45) is 0 Å². The fourth-order valence-electron chi connectivity index (χ4n) is 4.82. The maximum absolute atomic E-state index is 13.8. The number of carbonyl (C=O) groups excluding carboxylic acids is 1. The number of aliphatic hydroxyl groups excluding tert-OH is 3. The summed E-state index contributed by atoms with van der Waals surface area (Å²) in [6, 6.07) is 10.8. The van der Waals surface area contributed by atoms with Crippen LogP contribution in [0.15, 0.2) is 48.0 Å². The third-order valence-electron chi connectivity index (χ3n) is 6.43. The van der Waals surface area contributed by atoms with Gasteiger partial charge in [-0.2, -0.15) is 0 Å². The molecule has 3 aromatic carbocycles. The first kappa shape index (κ1) is 25.4. The van der Waals surface area contributed by atoms with Crippen LogP contribution in [0, 0.1) is 5.82 Å². The van der Waals surface area contributed by atoms with E-state index in [4.69, 9.17) is 14.2 Å². The van der Waals surface area contributed by atoms with Crippen molar-refractivity contribution >= 4 is 11.9 Å². The van der Waals surface area contributed by atoms with E-state index >= 15 is 0 Å². The molecule has 3 N–H and O–H groups in total. The molecule has 0 heterocycles. The Kier molecular flexibility index (Phi) is 7.40. The van der Waals surface area contributed by atoms with Crippen LogP contribution in [0.5, 0.6) is 17.2 Å². The van der Waals surface area contributed by atoms with Gasteiger partial charge < -0.3 is 29.5 Å². The summed E-state index contributed by atoms with van der Waals surface area (Å²) < 4.78 is 30.2. The number of carbonyl (C=O) groups is 1. The summed E-state index contributed by atoms with van der Waals surface area (Å²) in [6.07, 6.45) is 1.68. The fraction of sp³-hybridized carbons (Fsp3) is 0.250. The Labute approximate surface area is 208 Å². The number of rotatable bonds is 8. The quantitative estimate of drug-likeness (QED) is 0.410. The molecule has 0 spiro atoms. The average Bonchev–Trinajstić information content (AvgIpc) is 3.18. The molecule has 1 unspecified atom stereocenters. The Hall–Kier alpha value is -3.72. The first-order chi connectivity index (χ1) is 17.4. The van der Waals surface area contributed by atoms with E-state index in [-0.39, 0.29) is 19.0 Å². The first-order valence-corrected chi connectivity index (χ1v) is 11.2. The monoisotopic (exact) mass is 494 g/mol. The lowest BCUT2D eigenvalue weighted by Gasteiger charge is -2.22. The van der Waals surface area contributed by atoms with Gasteiger partial charge in [0, 0.05) is 33.7 Å². The molecular weight excluding hydrogens is 467 g/mol. The first-order valence-electron chi connectivity index (χ1n) is 11.2. The van der Waals surface area contributed by atoms with Gasteiger partial charge in [-0.25, -0.2) is 4.39 Å². The second kappa shape index (κ2) is 10.5. The number of benzene rings is 3. The Morgan fingerprint density at radius 3 is 2.08 bits per heavy atom. The molecule has 4 rings (SSSR count). The second-order valence-corrected chi connectivity index (χ2v) is 8.31. The lowest BCUT2D eigenvalue weighted by molar-refractivity contribution is 0.103. The van der Waals surface area contributed by atoms with Crippen LogP contribution >= 0.6 is 0 Å². The lowest BCUT2D eigenvalue weighted by atomic mass is 9.85. The van der Waals surface area contributed by atoms with Crippen LogP contribution in [0.1, 0.15) is 49.7 Å². The molecule has 0 amide bonds. The van der Waals surface area contributed by atoms with Gasteiger partial charge in [0.2, 0.25) is 0 Å². The minimum absolute atomic E-state index is 0.292. The van der Waals surface area contributed by atoms with Crippen molar-refractivity contribution in [1.29, 1.82) is 0 Å². The van der Waals surface area contributed by atoms with E-state index in [1.807, 2.05) is 0 Å². The van der Waals surface area contributed by atoms with Gasteiger partial charge in [-0.15, -0.1) is 0 Å². The number of Topliss-reactive ketones (excluding diaryl/α,β-unsaturated/α-hetero) is 1. The van der Waals surface area contributed by atoms with Gasteiger partial charge in [-0.05, 0) is 53.1 Å². The predicted molar refractivity (Wildman–Crippen MR) is 131 cm³/mol. The normalized spacial score (nSPS) is 15.8. The van der Waals surface area contributed by atoms with Crippen LogP contribution in [-0.4, -0.2) is 42.4 Å². The van der Waals surface area contributed by atoms with Gasteiger partial charge in [-0.3, -0.25) is 4.79 Å². The Morgan fingerprint density at radius 1 is 0.861 bits per heavy atom. The maximum atomic E-state index is 13.8. The highest BCUT2D eigenvalue weighted by Gasteiger charge is 2.40. The molecule has 0 radical (unpaired) electrons. The molecule has 1 aliphatic carbocycles. The molecule has 36 heavy (non-hydrogen) atoms. The number of hydrogen-bond donors (Lipinski definition) is 3. The standard InChI is InChI=1S/C28H27FO7/c1-34-23-11-16(9-18(13-31)27(23)35-2)24-20(8-15-4-6-19(29)7-5-15)26(33)21-10-17(12-30)22(14-32)28(36-3)25(21)24/h4-11,24,30-32H,12-14H2,1-3H3/b20-8-. The predicted octanol–water partition coefficient (Wildman–Crippen LogP) is 3.74. The van der Waals surface area contributed by atoms with Crippen LogP contribution in [0.3, 0.4) is 0 Å². The van der Waals surface area contributed by atoms with Crippen molar-refractivity contribution in [1.82, 2.24) is 0 Å². The molecule has 0 saturated carbocycles. The van der Waals surface area contributed by atoms with Gasteiger partial charge in [0.1, 0.15) is 11.6 Å². The molecule has 7 nitrogen and oxygen atoms in total. The Balaban J connectivity index is 2.06. The van der Waals surface area contributed by atoms with Crippen molar-refractivity contribution in [2.45, 2.75) is 25.7 Å². The summed E-state index contributed by atoms with van der Waals surface area (Å²) in [4.78, 5) is 13.8. The van der Waals surface area contributed by atoms with Crippen LogP contribution in [0.2, 0.25) is 0 Å². The van der Waals surface area contributed by atoms with Gasteiger partial charge in [-0.1, -0.05) is 12.1 Å². The summed E-state index contributed by atoms with van der Waals surface area (Å²) in [5.74, 6) is -0.331. The topological polar surface area (TPSA) is 105 Å². The third kappa shape index (κ3) is 4.24. The molecule has 1 aliphatic rings. The summed E-state index contributed by atoms with van der Waals surface area (Å²) >= 11 is 0. The van der Waals surface area contributed by atoms with Crippen LogP contribution in [0.4, 0.5) is 4.39 Å². The lowest BCUT2D eigenvalue weighted by Crippen LogP contribution is -2.08. The van der Waals surface area contributed by atoms with E-state index in [2.05, 4.69) is 0 Å². The Morgan fingerprint density at radius 2 is 1.53 bits per heavy atom. The number of allylic oxidation sites excluding steroid dienone is 1. The molecule has 0 aromatic heterocycles. The van der Waals surface area contributed by atoms with E-state index in [1.54, 1.807) is 36.4 Å². The largest absolute Gasteiger partial charge is 0.496 e. The highest BCUT2D eigenvalue weighted by molar-refractivity contribution is 6.18. The third-order valence-corrected chi connectivity index (χ3v) is 6.43. The number of ketones is 1. The SMILES string of the molecule is COc1cc(C2/C(=C/c3ccc(F)cc3)C(=O)c3cc(CO)c(CO)c(OC)c32)cc(CO)c1OC. The zero-order valence-corrected chi connectivity index (χ0v) is 20.2. The van der Waals surface area contributed by atoms with Crippen molar-refractivity contribution in [2.75, 3.05) is 21.3 Å². The maximum Gasteiger partial charge on any atom is 0.190 e. The second-order valence-electron chi connectivity index (χ2n) is 8.31. The van der Waals surface area contributed by atoms with Gasteiger partial charge in [0.05, 0.1) is 41.2 Å². The molecule has 0 aliphatic heterocycles. The molecular formula is C28H27FO7. The average molecular weight is 495 g/mol. The number of fused-ring (bicyclic) bond motifs is 1. The molecule has 0 fully saturated rings. The molecule has 1 atom stereocenters. The van der Waals surface area contributed by atoms with E-state index in [0.29, 0.717) is 61.8 Å². The number of methoxy groups -OCH3 is 3. The fourth-order valence-corrected chi connectivity index (χ4v) is 4.82. The molecule has 0 saturated heterocycles. The highest BCUT2D eigenvalue weighted by Crippen LogP contribution is 2.51. The summed E-state index contributed by atoms with van der Waals surface area (Å²) in [7, 11) is 4.38. The van der Waals surface area contributed by atoms with Crippen LogP contribution in [-0.2, 0) is 19.8 Å². The van der Waals surface area contributed by atoms with Crippen molar-refractivity contribution in [3.05, 3.63) is 92.8 Å². The summed E-state index contributed by atoms with van der Waals surface area (Å²) in [5, 5.41) is 30.0. The van der Waals surface area contributed by atoms with Crippen molar-refractivity contribution in [3.63, 3.8) is 0 Å². The zero-order valence-electron chi connectivity index (χ0n) is 20.2. The molecule has 3 aromatic rings. The van der Waals surface area contributed by atoms with Gasteiger partial charge >= 0.3 is 0 Å². The van der Waals surface area contributed by atoms with E-state index in [1.165, 1.54) is 33.5 Å². The molecule has 0 bridgehead atoms. The van der Waals surface area contributed by atoms with Gasteiger partial charge in [0.15, 0.2) is 17.3 Å². The molecule has 8 heteroatoms. The van der Waals surface area contributed by atoms with E-state index in [9.17, 15) is 24.5 Å². The zero-order chi connectivity index (χ0) is 26.0. The number of aliphatic hydroxyl groups is 3. The minimum atomic E-state index is -0.671. The number of halogens is 1. The summed E-state index contributed by atoms with van der Waals surface area (Å²) in [6.45, 7) is -1.13. The van der Waals surface area contributed by atoms with Gasteiger partial charge in [0.25, 0.3) is 0 Å². The van der Waals surface area contributed by atoms with Crippen LogP contribution < -0.4 is 14.2 Å². The number of ether oxygens (including phenoxy) is 3. The van der Waals surface area contributed by atoms with Crippen LogP contribution in [0.25, 0.3) is 6.08 Å². The smallest absolute Gasteiger partial charge is 0.190 e. The molecule has 188 valence electrons. The van der Waals surface area contributed by atoms with E-state index in [0.717, 1.165) is 0 Å².